The molecule has 2 atom stereocenters. The van der Waals surface area contributed by atoms with Gasteiger partial charge in [0.05, 0.1) is 37.0 Å². The number of methoxy groups -OCH3 is 2. The van der Waals surface area contributed by atoms with Crippen molar-refractivity contribution in [3.8, 4) is 0 Å². The van der Waals surface area contributed by atoms with Crippen LogP contribution in [0.4, 0.5) is 5.69 Å². The number of Topliss-reactive ketones (excluding diaryl/α,β-unsaturated/α-hetero) is 1. The first-order valence-corrected chi connectivity index (χ1v) is 12.8. The molecule has 0 spiro atoms. The Balaban J connectivity index is 2.03. The molecule has 0 saturated heterocycles. The molecule has 7 heteroatoms. The lowest BCUT2D eigenvalue weighted by molar-refractivity contribution is -0.139. The molecule has 202 valence electrons. The minimum Gasteiger partial charge on any atom is -0.466 e. The van der Waals surface area contributed by atoms with Crippen LogP contribution in [0.15, 0.2) is 113 Å². The van der Waals surface area contributed by atoms with E-state index in [0.29, 0.717) is 28.3 Å². The predicted molar refractivity (Wildman–Crippen MR) is 150 cm³/mol. The van der Waals surface area contributed by atoms with E-state index in [1.54, 1.807) is 13.0 Å². The summed E-state index contributed by atoms with van der Waals surface area (Å²) in [7, 11) is 2.56. The van der Waals surface area contributed by atoms with Crippen LogP contribution < -0.4 is 4.90 Å². The lowest BCUT2D eigenvalue weighted by atomic mass is 9.79. The Morgan fingerprint density at radius 2 is 1.35 bits per heavy atom. The lowest BCUT2D eigenvalue weighted by Crippen LogP contribution is -2.47. The Bertz CT molecular complexity index is 1590. The van der Waals surface area contributed by atoms with Crippen molar-refractivity contribution in [2.75, 3.05) is 19.1 Å². The molecule has 0 fully saturated rings. The summed E-state index contributed by atoms with van der Waals surface area (Å²) in [6.45, 7) is 3.17. The second-order valence-electron chi connectivity index (χ2n) is 9.50. The van der Waals surface area contributed by atoms with E-state index in [-0.39, 0.29) is 16.9 Å². The number of ketones is 1. The number of anilines is 1. The van der Waals surface area contributed by atoms with Gasteiger partial charge in [0.25, 0.3) is 0 Å². The molecule has 4 aromatic rings. The molecule has 0 aliphatic carbocycles. The van der Waals surface area contributed by atoms with Gasteiger partial charge in [0.2, 0.25) is 0 Å². The largest absolute Gasteiger partial charge is 0.466 e. The highest BCUT2D eigenvalue weighted by molar-refractivity contribution is 6.07. The maximum Gasteiger partial charge on any atom is 0.337 e. The monoisotopic (exact) mass is 535 g/mol. The number of benzene rings is 3. The van der Waals surface area contributed by atoms with Crippen LogP contribution in [0.5, 0.6) is 0 Å². The van der Waals surface area contributed by atoms with Gasteiger partial charge in [0.1, 0.15) is 11.5 Å². The Morgan fingerprint density at radius 3 is 1.88 bits per heavy atom. The normalized spacial score (nSPS) is 18.5. The number of aryl methyl sites for hydroxylation is 1. The van der Waals surface area contributed by atoms with Gasteiger partial charge in [0, 0.05) is 5.69 Å². The highest BCUT2D eigenvalue weighted by atomic mass is 16.5. The predicted octanol–water partition coefficient (Wildman–Crippen LogP) is 5.94. The number of hydrogen-bond donors (Lipinski definition) is 0. The van der Waals surface area contributed by atoms with Gasteiger partial charge in [-0.05, 0) is 43.2 Å². The maximum atomic E-state index is 14.0. The number of furan rings is 1. The Labute approximate surface area is 232 Å². The topological polar surface area (TPSA) is 86.1 Å². The van der Waals surface area contributed by atoms with Crippen LogP contribution in [0.3, 0.4) is 0 Å². The fourth-order valence-corrected chi connectivity index (χ4v) is 5.70. The highest BCUT2D eigenvalue weighted by Crippen LogP contribution is 2.58. The first-order valence-electron chi connectivity index (χ1n) is 12.8. The fraction of sp³-hybridized carbons (Fsp3) is 0.182. The maximum absolute atomic E-state index is 14.0. The van der Waals surface area contributed by atoms with E-state index in [2.05, 4.69) is 0 Å². The molecule has 2 heterocycles. The summed E-state index contributed by atoms with van der Waals surface area (Å²) in [5.41, 5.74) is 1.13. The van der Waals surface area contributed by atoms with Crippen molar-refractivity contribution in [2.45, 2.75) is 25.4 Å². The number of ether oxygens (including phenoxy) is 2. The van der Waals surface area contributed by atoms with Crippen LogP contribution >= 0.6 is 0 Å². The summed E-state index contributed by atoms with van der Waals surface area (Å²) >= 11 is 0. The molecule has 1 aliphatic rings. The average Bonchev–Trinajstić information content (AvgIpc) is 3.54. The Morgan fingerprint density at radius 1 is 0.800 bits per heavy atom. The second-order valence-corrected chi connectivity index (χ2v) is 9.50. The van der Waals surface area contributed by atoms with E-state index >= 15 is 0 Å². The molecule has 0 bridgehead atoms. The molecule has 0 saturated carbocycles. The minimum atomic E-state index is -1.52. The van der Waals surface area contributed by atoms with Gasteiger partial charge in [-0.2, -0.15) is 0 Å². The van der Waals surface area contributed by atoms with Crippen LogP contribution in [0.1, 0.15) is 46.0 Å². The molecule has 7 nitrogen and oxygen atoms in total. The van der Waals surface area contributed by atoms with Crippen LogP contribution in [0.2, 0.25) is 0 Å². The molecule has 1 aromatic heterocycles. The number of carbonyl (C=O) groups excluding carboxylic acids is 3. The van der Waals surface area contributed by atoms with Crippen molar-refractivity contribution in [2.24, 2.45) is 0 Å². The molecule has 0 amide bonds. The van der Waals surface area contributed by atoms with Crippen molar-refractivity contribution < 1.29 is 28.3 Å². The number of nitrogens with zero attached hydrogens (tertiary/aromatic N) is 1. The first-order chi connectivity index (χ1) is 19.4. The smallest absolute Gasteiger partial charge is 0.337 e. The number of hydrogen-bond acceptors (Lipinski definition) is 7. The van der Waals surface area contributed by atoms with Crippen LogP contribution in [0.25, 0.3) is 0 Å². The Hall–Kier alpha value is -4.91. The standard InChI is InChI=1S/C33H29NO6/c1-21(35)26-20-27(40-22(26)2)33(24-16-10-6-11-17-24)29(32(37)39-4)28(31(36)38-3)30(23-14-8-5-9-15-23)34(33)25-18-12-7-13-19-25/h5-20,30H,1-4H3/t30-,33+/m1/s1. The lowest BCUT2D eigenvalue weighted by Gasteiger charge is -2.43. The van der Waals surface area contributed by atoms with Crippen LogP contribution in [-0.4, -0.2) is 31.9 Å². The molecular formula is C33H29NO6. The van der Waals surface area contributed by atoms with Gasteiger partial charge in [-0.1, -0.05) is 78.9 Å². The van der Waals surface area contributed by atoms with E-state index in [1.807, 2.05) is 95.9 Å². The summed E-state index contributed by atoms with van der Waals surface area (Å²) < 4.78 is 17.1. The molecule has 5 rings (SSSR count). The molecule has 0 unspecified atom stereocenters. The Kier molecular flexibility index (Phi) is 7.13. The van der Waals surface area contributed by atoms with Crippen molar-refractivity contribution in [3.05, 3.63) is 136 Å². The molecule has 0 radical (unpaired) electrons. The van der Waals surface area contributed by atoms with Gasteiger partial charge in [-0.3, -0.25) is 4.79 Å². The third-order valence-corrected chi connectivity index (χ3v) is 7.31. The van der Waals surface area contributed by atoms with Crippen LogP contribution in [0, 0.1) is 6.92 Å². The second kappa shape index (κ2) is 10.7. The summed E-state index contributed by atoms with van der Waals surface area (Å²) in [5, 5.41) is 0. The van der Waals surface area contributed by atoms with E-state index in [0.717, 1.165) is 5.56 Å². The zero-order valence-electron chi connectivity index (χ0n) is 22.7. The number of para-hydroxylation sites is 1. The van der Waals surface area contributed by atoms with Crippen molar-refractivity contribution in [3.63, 3.8) is 0 Å². The highest BCUT2D eigenvalue weighted by Gasteiger charge is 2.61. The van der Waals surface area contributed by atoms with Gasteiger partial charge in [-0.25, -0.2) is 9.59 Å². The van der Waals surface area contributed by atoms with Crippen molar-refractivity contribution >= 4 is 23.4 Å². The summed E-state index contributed by atoms with van der Waals surface area (Å²) in [4.78, 5) is 42.3. The number of rotatable bonds is 7. The fourth-order valence-electron chi connectivity index (χ4n) is 5.70. The quantitative estimate of drug-likeness (QED) is 0.214. The third-order valence-electron chi connectivity index (χ3n) is 7.31. The molecule has 0 N–H and O–H groups in total. The number of esters is 2. The van der Waals surface area contributed by atoms with E-state index in [4.69, 9.17) is 13.9 Å². The van der Waals surface area contributed by atoms with E-state index in [1.165, 1.54) is 21.1 Å². The van der Waals surface area contributed by atoms with Gasteiger partial charge in [-0.15, -0.1) is 0 Å². The number of carbonyl (C=O) groups is 3. The molecular weight excluding hydrogens is 506 g/mol. The zero-order chi connectivity index (χ0) is 28.4. The zero-order valence-corrected chi connectivity index (χ0v) is 22.7. The first kappa shape index (κ1) is 26.7. The molecule has 1 aliphatic heterocycles. The average molecular weight is 536 g/mol. The van der Waals surface area contributed by atoms with Gasteiger partial charge in [0.15, 0.2) is 11.3 Å². The summed E-state index contributed by atoms with van der Waals surface area (Å²) in [5.74, 6) is -0.884. The van der Waals surface area contributed by atoms with Crippen LogP contribution in [-0.2, 0) is 24.6 Å². The van der Waals surface area contributed by atoms with Gasteiger partial charge >= 0.3 is 11.9 Å². The summed E-state index contributed by atoms with van der Waals surface area (Å²) in [6.07, 6.45) is 0. The molecule has 40 heavy (non-hydrogen) atoms. The SMILES string of the molecule is COC(=O)C1=C(C(=O)OC)[C@](c2ccccc2)(c2cc(C(C)=O)c(C)o2)N(c2ccccc2)[C@@H]1c1ccccc1. The van der Waals surface area contributed by atoms with E-state index in [9.17, 15) is 14.4 Å². The van der Waals surface area contributed by atoms with Crippen molar-refractivity contribution in [1.82, 2.24) is 0 Å². The van der Waals surface area contributed by atoms with Gasteiger partial charge < -0.3 is 18.8 Å². The van der Waals surface area contributed by atoms with E-state index < -0.39 is 23.5 Å². The summed E-state index contributed by atoms with van der Waals surface area (Å²) in [6, 6.07) is 29.1. The minimum absolute atomic E-state index is 0.0506. The molecule has 3 aromatic carbocycles. The van der Waals surface area contributed by atoms with Crippen molar-refractivity contribution in [1.29, 1.82) is 0 Å². The third kappa shape index (κ3) is 4.11.